The molecule has 0 radical (unpaired) electrons. The summed E-state index contributed by atoms with van der Waals surface area (Å²) in [5.41, 5.74) is 0.816. The Balaban J connectivity index is 2.03. The molecular formula is C16H13F3OS. The third kappa shape index (κ3) is 3.88. The molecule has 0 aromatic heterocycles. The second kappa shape index (κ2) is 6.80. The van der Waals surface area contributed by atoms with E-state index in [1.807, 2.05) is 18.4 Å². The Morgan fingerprint density at radius 3 is 2.14 bits per heavy atom. The van der Waals surface area contributed by atoms with Crippen LogP contribution in [0.5, 0.6) is 0 Å². The molecule has 0 heterocycles. The minimum absolute atomic E-state index is 0.114. The second-order valence-electron chi connectivity index (χ2n) is 4.53. The molecule has 2 rings (SSSR count). The van der Waals surface area contributed by atoms with Crippen LogP contribution in [0.3, 0.4) is 0 Å². The van der Waals surface area contributed by atoms with Crippen LogP contribution in [0.15, 0.2) is 41.3 Å². The van der Waals surface area contributed by atoms with Gasteiger partial charge in [0.15, 0.2) is 23.2 Å². The number of benzene rings is 2. The van der Waals surface area contributed by atoms with Gasteiger partial charge in [0, 0.05) is 16.9 Å². The number of ketones is 1. The van der Waals surface area contributed by atoms with E-state index in [2.05, 4.69) is 0 Å². The Labute approximate surface area is 125 Å². The largest absolute Gasteiger partial charge is 0.294 e. The summed E-state index contributed by atoms with van der Waals surface area (Å²) in [4.78, 5) is 13.0. The molecule has 5 heteroatoms. The first kappa shape index (κ1) is 15.6. The fraction of sp³-hybridized carbons (Fsp3) is 0.188. The van der Waals surface area contributed by atoms with Gasteiger partial charge in [-0.1, -0.05) is 12.1 Å². The standard InChI is InChI=1S/C16H13F3OS/c1-21-12-5-3-11(4-6-12)15(20)7-2-10-8-13(17)16(19)14(18)9-10/h3-6,8-9H,2,7H2,1H3. The van der Waals surface area contributed by atoms with Gasteiger partial charge in [-0.05, 0) is 42.5 Å². The zero-order chi connectivity index (χ0) is 15.4. The molecule has 0 aliphatic carbocycles. The molecule has 110 valence electrons. The van der Waals surface area contributed by atoms with Crippen molar-refractivity contribution < 1.29 is 18.0 Å². The smallest absolute Gasteiger partial charge is 0.194 e. The minimum atomic E-state index is -1.49. The number of rotatable bonds is 5. The lowest BCUT2D eigenvalue weighted by atomic mass is 10.0. The van der Waals surface area contributed by atoms with E-state index in [1.54, 1.807) is 23.9 Å². The number of thioether (sulfide) groups is 1. The van der Waals surface area contributed by atoms with Gasteiger partial charge in [0.25, 0.3) is 0 Å². The summed E-state index contributed by atoms with van der Waals surface area (Å²) < 4.78 is 39.0. The Kier molecular flexibility index (Phi) is 5.07. The number of carbonyl (C=O) groups is 1. The molecule has 0 fully saturated rings. The Bertz CT molecular complexity index is 630. The molecule has 0 spiro atoms. The maximum Gasteiger partial charge on any atom is 0.194 e. The zero-order valence-electron chi connectivity index (χ0n) is 11.3. The lowest BCUT2D eigenvalue weighted by Crippen LogP contribution is -2.02. The van der Waals surface area contributed by atoms with Gasteiger partial charge in [-0.15, -0.1) is 11.8 Å². The van der Waals surface area contributed by atoms with Crippen LogP contribution in [0.4, 0.5) is 13.2 Å². The van der Waals surface area contributed by atoms with Crippen molar-refractivity contribution in [3.05, 3.63) is 65.0 Å². The van der Waals surface area contributed by atoms with Gasteiger partial charge >= 0.3 is 0 Å². The summed E-state index contributed by atoms with van der Waals surface area (Å²) in [6, 6.07) is 8.97. The van der Waals surface area contributed by atoms with Crippen molar-refractivity contribution >= 4 is 17.5 Å². The van der Waals surface area contributed by atoms with Crippen molar-refractivity contribution in [1.29, 1.82) is 0 Å². The molecule has 0 saturated carbocycles. The van der Waals surface area contributed by atoms with Crippen LogP contribution in [0.1, 0.15) is 22.3 Å². The first-order valence-corrected chi connectivity index (χ1v) is 7.54. The third-order valence-corrected chi connectivity index (χ3v) is 3.84. The van der Waals surface area contributed by atoms with Crippen LogP contribution in [0.25, 0.3) is 0 Å². The van der Waals surface area contributed by atoms with E-state index in [1.165, 1.54) is 0 Å². The minimum Gasteiger partial charge on any atom is -0.294 e. The highest BCUT2D eigenvalue weighted by Gasteiger charge is 2.12. The average molecular weight is 310 g/mol. The number of halogens is 3. The summed E-state index contributed by atoms with van der Waals surface area (Å²) in [5.74, 6) is -4.07. The lowest BCUT2D eigenvalue weighted by molar-refractivity contribution is 0.0982. The summed E-state index contributed by atoms with van der Waals surface area (Å²) in [6.45, 7) is 0. The van der Waals surface area contributed by atoms with E-state index in [0.717, 1.165) is 17.0 Å². The predicted molar refractivity (Wildman–Crippen MR) is 77.2 cm³/mol. The molecule has 0 unspecified atom stereocenters. The molecule has 0 aliphatic heterocycles. The molecular weight excluding hydrogens is 297 g/mol. The third-order valence-electron chi connectivity index (χ3n) is 3.10. The summed E-state index contributed by atoms with van der Waals surface area (Å²) >= 11 is 1.57. The molecule has 2 aromatic rings. The topological polar surface area (TPSA) is 17.1 Å². The van der Waals surface area contributed by atoms with Gasteiger partial charge in [-0.3, -0.25) is 4.79 Å². The van der Waals surface area contributed by atoms with E-state index in [4.69, 9.17) is 0 Å². The lowest BCUT2D eigenvalue weighted by Gasteiger charge is -2.04. The van der Waals surface area contributed by atoms with E-state index in [0.29, 0.717) is 5.56 Å². The van der Waals surface area contributed by atoms with E-state index in [-0.39, 0.29) is 24.2 Å². The second-order valence-corrected chi connectivity index (χ2v) is 5.40. The van der Waals surface area contributed by atoms with E-state index >= 15 is 0 Å². The highest BCUT2D eigenvalue weighted by molar-refractivity contribution is 7.98. The van der Waals surface area contributed by atoms with Gasteiger partial charge in [0.1, 0.15) is 0 Å². The van der Waals surface area contributed by atoms with Crippen molar-refractivity contribution in [2.75, 3.05) is 6.26 Å². The fourth-order valence-electron chi connectivity index (χ4n) is 1.93. The Morgan fingerprint density at radius 2 is 1.62 bits per heavy atom. The summed E-state index contributed by atoms with van der Waals surface area (Å²) in [5, 5.41) is 0. The Hall–Kier alpha value is -1.75. The number of aryl methyl sites for hydroxylation is 1. The maximum absolute atomic E-state index is 13.1. The zero-order valence-corrected chi connectivity index (χ0v) is 12.1. The average Bonchev–Trinajstić information content (AvgIpc) is 2.50. The predicted octanol–water partition coefficient (Wildman–Crippen LogP) is 4.64. The molecule has 0 atom stereocenters. The van der Waals surface area contributed by atoms with Crippen molar-refractivity contribution in [2.24, 2.45) is 0 Å². The fourth-order valence-corrected chi connectivity index (χ4v) is 2.34. The molecule has 0 saturated heterocycles. The quantitative estimate of drug-likeness (QED) is 0.454. The van der Waals surface area contributed by atoms with Crippen molar-refractivity contribution in [2.45, 2.75) is 17.7 Å². The van der Waals surface area contributed by atoms with Crippen molar-refractivity contribution in [1.82, 2.24) is 0 Å². The Morgan fingerprint density at radius 1 is 1.05 bits per heavy atom. The van der Waals surface area contributed by atoms with Gasteiger partial charge in [-0.2, -0.15) is 0 Å². The van der Waals surface area contributed by atoms with Gasteiger partial charge in [0.05, 0.1) is 0 Å². The monoisotopic (exact) mass is 310 g/mol. The van der Waals surface area contributed by atoms with Gasteiger partial charge in [0.2, 0.25) is 0 Å². The molecule has 1 nitrogen and oxygen atoms in total. The van der Waals surface area contributed by atoms with E-state index in [9.17, 15) is 18.0 Å². The highest BCUT2D eigenvalue weighted by atomic mass is 32.2. The number of hydrogen-bond acceptors (Lipinski definition) is 2. The van der Waals surface area contributed by atoms with Crippen LogP contribution in [0.2, 0.25) is 0 Å². The molecule has 0 amide bonds. The molecule has 2 aromatic carbocycles. The van der Waals surface area contributed by atoms with E-state index < -0.39 is 17.5 Å². The van der Waals surface area contributed by atoms with Crippen molar-refractivity contribution in [3.63, 3.8) is 0 Å². The van der Waals surface area contributed by atoms with Crippen LogP contribution < -0.4 is 0 Å². The van der Waals surface area contributed by atoms with Gasteiger partial charge < -0.3 is 0 Å². The first-order chi connectivity index (χ1) is 10.0. The highest BCUT2D eigenvalue weighted by Crippen LogP contribution is 2.18. The van der Waals surface area contributed by atoms with Crippen LogP contribution in [-0.4, -0.2) is 12.0 Å². The van der Waals surface area contributed by atoms with Gasteiger partial charge in [-0.25, -0.2) is 13.2 Å². The van der Waals surface area contributed by atoms with Crippen molar-refractivity contribution in [3.8, 4) is 0 Å². The number of Topliss-reactive ketones (excluding diaryl/α,β-unsaturated/α-hetero) is 1. The molecule has 0 N–H and O–H groups in total. The number of hydrogen-bond donors (Lipinski definition) is 0. The number of carbonyl (C=O) groups excluding carboxylic acids is 1. The SMILES string of the molecule is CSc1ccc(C(=O)CCc2cc(F)c(F)c(F)c2)cc1. The summed E-state index contributed by atoms with van der Waals surface area (Å²) in [7, 11) is 0. The van der Waals surface area contributed by atoms with Crippen LogP contribution in [-0.2, 0) is 6.42 Å². The van der Waals surface area contributed by atoms with Crippen LogP contribution >= 0.6 is 11.8 Å². The molecule has 0 bridgehead atoms. The molecule has 21 heavy (non-hydrogen) atoms. The molecule has 0 aliphatic rings. The maximum atomic E-state index is 13.1. The first-order valence-electron chi connectivity index (χ1n) is 6.32. The van der Waals surface area contributed by atoms with Crippen LogP contribution in [0, 0.1) is 17.5 Å². The normalized spacial score (nSPS) is 10.7. The summed E-state index contributed by atoms with van der Waals surface area (Å²) in [6.07, 6.45) is 2.22.